The second kappa shape index (κ2) is 11.0. The predicted molar refractivity (Wildman–Crippen MR) is 182 cm³/mol. The van der Waals surface area contributed by atoms with Crippen LogP contribution in [-0.4, -0.2) is 19.5 Å². The summed E-state index contributed by atoms with van der Waals surface area (Å²) in [6, 6.07) is 51.0. The van der Waals surface area contributed by atoms with Gasteiger partial charge < -0.3 is 4.57 Å². The molecule has 0 aliphatic heterocycles. The third-order valence-electron chi connectivity index (χ3n) is 8.09. The molecule has 5 heteroatoms. The zero-order chi connectivity index (χ0) is 30.2. The van der Waals surface area contributed by atoms with Gasteiger partial charge in [0.25, 0.3) is 0 Å². The van der Waals surface area contributed by atoms with Crippen LogP contribution in [0.1, 0.15) is 0 Å². The molecule has 5 nitrogen and oxygen atoms in total. The zero-order valence-corrected chi connectivity index (χ0v) is 24.2. The van der Waals surface area contributed by atoms with Crippen LogP contribution >= 0.6 is 0 Å². The van der Waals surface area contributed by atoms with Gasteiger partial charge in [0.15, 0.2) is 23.2 Å². The normalized spacial score (nSPS) is 11.1. The highest BCUT2D eigenvalue weighted by Gasteiger charge is 2.20. The molecule has 8 rings (SSSR count). The summed E-state index contributed by atoms with van der Waals surface area (Å²) < 4.78 is 2.29. The summed E-state index contributed by atoms with van der Waals surface area (Å²) in [4.78, 5) is 19.0. The molecule has 0 unspecified atom stereocenters. The van der Waals surface area contributed by atoms with Gasteiger partial charge in [-0.15, -0.1) is 0 Å². The number of para-hydroxylation sites is 3. The van der Waals surface area contributed by atoms with E-state index >= 15 is 0 Å². The fraction of sp³-hybridized carbons (Fsp3) is 0. The molecule has 0 radical (unpaired) electrons. The smallest absolute Gasteiger partial charge is 0.194 e. The fourth-order valence-corrected chi connectivity index (χ4v) is 6.00. The third kappa shape index (κ3) is 4.62. The SMILES string of the molecule is [C-]#[N+]c1ccccc1-c1ccc(-n2c3ccccc3c3ccccc32)c(-c2nc(-c3ccccc3)nc(-c3ccccc3)n2)c1. The summed E-state index contributed by atoms with van der Waals surface area (Å²) in [5.74, 6) is 1.75. The topological polar surface area (TPSA) is 48.0 Å². The summed E-state index contributed by atoms with van der Waals surface area (Å²) in [7, 11) is 0. The second-order valence-electron chi connectivity index (χ2n) is 10.8. The summed E-state index contributed by atoms with van der Waals surface area (Å²) >= 11 is 0. The molecule has 0 amide bonds. The molecule has 0 fully saturated rings. The first-order chi connectivity index (χ1) is 22.3. The minimum Gasteiger partial charge on any atom is -0.309 e. The van der Waals surface area contributed by atoms with Crippen molar-refractivity contribution in [1.29, 1.82) is 0 Å². The predicted octanol–water partition coefficient (Wildman–Crippen LogP) is 10.2. The molecule has 6 aromatic carbocycles. The van der Waals surface area contributed by atoms with Gasteiger partial charge in [0.1, 0.15) is 0 Å². The van der Waals surface area contributed by atoms with Gasteiger partial charge in [0.2, 0.25) is 0 Å². The minimum atomic E-state index is 0.557. The van der Waals surface area contributed by atoms with Crippen LogP contribution in [0.15, 0.2) is 152 Å². The van der Waals surface area contributed by atoms with Crippen molar-refractivity contribution < 1.29 is 0 Å². The highest BCUT2D eigenvalue weighted by Crippen LogP contribution is 2.39. The first-order valence-corrected chi connectivity index (χ1v) is 14.8. The molecule has 0 atom stereocenters. The average molecular weight is 576 g/mol. The van der Waals surface area contributed by atoms with Gasteiger partial charge >= 0.3 is 0 Å². The molecule has 0 aliphatic rings. The summed E-state index contributed by atoms with van der Waals surface area (Å²) in [6.07, 6.45) is 0. The number of aromatic nitrogens is 4. The van der Waals surface area contributed by atoms with Crippen LogP contribution in [0, 0.1) is 6.57 Å². The largest absolute Gasteiger partial charge is 0.309 e. The van der Waals surface area contributed by atoms with E-state index in [0.717, 1.165) is 44.5 Å². The van der Waals surface area contributed by atoms with Gasteiger partial charge in [-0.2, -0.15) is 0 Å². The molecule has 45 heavy (non-hydrogen) atoms. The van der Waals surface area contributed by atoms with Crippen LogP contribution in [-0.2, 0) is 0 Å². The monoisotopic (exact) mass is 575 g/mol. The Morgan fingerprint density at radius 2 is 0.956 bits per heavy atom. The number of hydrogen-bond donors (Lipinski definition) is 0. The van der Waals surface area contributed by atoms with Crippen LogP contribution in [0.25, 0.3) is 77.6 Å². The molecule has 0 aliphatic carbocycles. The van der Waals surface area contributed by atoms with Gasteiger partial charge in [-0.05, 0) is 35.4 Å². The Morgan fingerprint density at radius 3 is 1.56 bits per heavy atom. The number of rotatable bonds is 5. The molecule has 0 bridgehead atoms. The quantitative estimate of drug-likeness (QED) is 0.192. The van der Waals surface area contributed by atoms with E-state index < -0.39 is 0 Å². The maximum absolute atomic E-state index is 7.82. The van der Waals surface area contributed by atoms with E-state index in [-0.39, 0.29) is 0 Å². The standard InChI is InChI=1S/C40H25N5/c1-41-34-21-11-8-18-30(34)29-24-25-37(45-35-22-12-9-19-31(35)32-20-10-13-23-36(32)45)33(26-29)40-43-38(27-14-4-2-5-15-27)42-39(44-40)28-16-6-3-7-17-28/h2-26H. The lowest BCUT2D eigenvalue weighted by molar-refractivity contribution is 1.06. The van der Waals surface area contributed by atoms with Crippen LogP contribution in [0.2, 0.25) is 0 Å². The van der Waals surface area contributed by atoms with Gasteiger partial charge in [0.05, 0.1) is 23.3 Å². The number of nitrogens with zero attached hydrogens (tertiary/aromatic N) is 5. The maximum Gasteiger partial charge on any atom is 0.194 e. The van der Waals surface area contributed by atoms with Crippen molar-refractivity contribution in [2.75, 3.05) is 0 Å². The van der Waals surface area contributed by atoms with Crippen molar-refractivity contribution in [3.8, 4) is 51.0 Å². The Kier molecular flexibility index (Phi) is 6.44. The molecule has 210 valence electrons. The van der Waals surface area contributed by atoms with Crippen LogP contribution in [0.4, 0.5) is 5.69 Å². The van der Waals surface area contributed by atoms with Gasteiger partial charge in [-0.25, -0.2) is 19.8 Å². The van der Waals surface area contributed by atoms with E-state index in [1.807, 2.05) is 84.9 Å². The molecule has 2 aromatic heterocycles. The number of fused-ring (bicyclic) bond motifs is 3. The first kappa shape index (κ1) is 26.3. The lowest BCUT2D eigenvalue weighted by Crippen LogP contribution is -2.04. The average Bonchev–Trinajstić information content (AvgIpc) is 3.46. The summed E-state index contributed by atoms with van der Waals surface area (Å²) in [6.45, 7) is 7.82. The summed E-state index contributed by atoms with van der Waals surface area (Å²) in [5, 5.41) is 2.35. The Hall–Kier alpha value is -6.38. The van der Waals surface area contributed by atoms with Crippen molar-refractivity contribution in [2.45, 2.75) is 0 Å². The maximum atomic E-state index is 7.82. The lowest BCUT2D eigenvalue weighted by atomic mass is 9.99. The highest BCUT2D eigenvalue weighted by molar-refractivity contribution is 6.09. The molecule has 2 heterocycles. The van der Waals surface area contributed by atoms with Crippen molar-refractivity contribution in [3.05, 3.63) is 163 Å². The number of hydrogen-bond acceptors (Lipinski definition) is 3. The first-order valence-electron chi connectivity index (χ1n) is 14.8. The zero-order valence-electron chi connectivity index (χ0n) is 24.2. The molecule has 0 N–H and O–H groups in total. The molecule has 0 saturated carbocycles. The summed E-state index contributed by atoms with van der Waals surface area (Å²) in [5.41, 5.74) is 8.17. The van der Waals surface area contributed by atoms with Crippen molar-refractivity contribution in [3.63, 3.8) is 0 Å². The van der Waals surface area contributed by atoms with E-state index in [1.54, 1.807) is 0 Å². The lowest BCUT2D eigenvalue weighted by Gasteiger charge is -2.16. The van der Waals surface area contributed by atoms with Crippen molar-refractivity contribution in [1.82, 2.24) is 19.5 Å². The third-order valence-corrected chi connectivity index (χ3v) is 8.09. The molecular weight excluding hydrogens is 550 g/mol. The molecule has 0 spiro atoms. The highest BCUT2D eigenvalue weighted by atomic mass is 15.1. The Morgan fingerprint density at radius 1 is 0.444 bits per heavy atom. The van der Waals surface area contributed by atoms with Crippen molar-refractivity contribution >= 4 is 27.5 Å². The van der Waals surface area contributed by atoms with Gasteiger partial charge in [-0.3, -0.25) is 0 Å². The van der Waals surface area contributed by atoms with E-state index in [9.17, 15) is 0 Å². The second-order valence-corrected chi connectivity index (χ2v) is 10.8. The molecular formula is C40H25N5. The van der Waals surface area contributed by atoms with E-state index in [1.165, 1.54) is 10.8 Å². The van der Waals surface area contributed by atoms with Crippen LogP contribution < -0.4 is 0 Å². The van der Waals surface area contributed by atoms with Gasteiger partial charge in [0, 0.05) is 27.5 Å². The van der Waals surface area contributed by atoms with E-state index in [0.29, 0.717) is 23.2 Å². The Balaban J connectivity index is 1.47. The fourth-order valence-electron chi connectivity index (χ4n) is 6.00. The Bertz CT molecular complexity index is 2270. The van der Waals surface area contributed by atoms with Crippen molar-refractivity contribution in [2.24, 2.45) is 0 Å². The molecule has 8 aromatic rings. The van der Waals surface area contributed by atoms with Gasteiger partial charge in [-0.1, -0.05) is 127 Å². The minimum absolute atomic E-state index is 0.557. The molecule has 0 saturated heterocycles. The van der Waals surface area contributed by atoms with E-state index in [4.69, 9.17) is 21.5 Å². The van der Waals surface area contributed by atoms with Crippen LogP contribution in [0.3, 0.4) is 0 Å². The Labute approximate surface area is 260 Å². The van der Waals surface area contributed by atoms with E-state index in [2.05, 4.69) is 76.1 Å². The van der Waals surface area contributed by atoms with Crippen LogP contribution in [0.5, 0.6) is 0 Å². The number of benzene rings is 6.